The Kier molecular flexibility index (Phi) is 4.11. The van der Waals surface area contributed by atoms with Crippen LogP contribution in [0.5, 0.6) is 11.5 Å². The first-order valence-corrected chi connectivity index (χ1v) is 7.50. The van der Waals surface area contributed by atoms with Gasteiger partial charge in [0.15, 0.2) is 0 Å². The maximum Gasteiger partial charge on any atom is 0.140 e. The van der Waals surface area contributed by atoms with Gasteiger partial charge < -0.3 is 15.2 Å². The molecule has 4 heteroatoms. The van der Waals surface area contributed by atoms with Crippen molar-refractivity contribution in [3.63, 3.8) is 0 Å². The molecule has 0 radical (unpaired) electrons. The molecular weight excluding hydrogens is 306 g/mol. The van der Waals surface area contributed by atoms with Crippen LogP contribution < -0.4 is 15.2 Å². The summed E-state index contributed by atoms with van der Waals surface area (Å²) in [5, 5.41) is 0. The average molecular weight is 328 g/mol. The predicted octanol–water partition coefficient (Wildman–Crippen LogP) is 3.41. The molecular formula is C15H22BrNO2. The fourth-order valence-electron chi connectivity index (χ4n) is 2.82. The molecule has 1 fully saturated rings. The van der Waals surface area contributed by atoms with Crippen LogP contribution >= 0.6 is 15.9 Å². The van der Waals surface area contributed by atoms with Gasteiger partial charge in [0.25, 0.3) is 0 Å². The fraction of sp³-hybridized carbons (Fsp3) is 0.600. The molecule has 0 heterocycles. The molecule has 0 aromatic heterocycles. The van der Waals surface area contributed by atoms with E-state index in [2.05, 4.69) is 35.8 Å². The minimum Gasteiger partial charge on any atom is -0.495 e. The van der Waals surface area contributed by atoms with E-state index in [1.807, 2.05) is 0 Å². The van der Waals surface area contributed by atoms with Crippen molar-refractivity contribution in [2.24, 2.45) is 5.73 Å². The van der Waals surface area contributed by atoms with Gasteiger partial charge in [-0.3, -0.25) is 0 Å². The lowest BCUT2D eigenvalue weighted by Gasteiger charge is -2.25. The largest absolute Gasteiger partial charge is 0.495 e. The third kappa shape index (κ3) is 2.25. The Hall–Kier alpha value is -0.740. The SMILES string of the molecule is CCc1cc(C2(C(C)N)CC2)c(OC)c(Br)c1OC. The Labute approximate surface area is 123 Å². The lowest BCUT2D eigenvalue weighted by atomic mass is 9.87. The molecule has 1 unspecified atom stereocenters. The van der Waals surface area contributed by atoms with Crippen molar-refractivity contribution in [3.05, 3.63) is 21.7 Å². The summed E-state index contributed by atoms with van der Waals surface area (Å²) in [4.78, 5) is 0. The first-order chi connectivity index (χ1) is 9.01. The van der Waals surface area contributed by atoms with Crippen LogP contribution in [-0.4, -0.2) is 20.3 Å². The van der Waals surface area contributed by atoms with Crippen LogP contribution in [0.25, 0.3) is 0 Å². The standard InChI is InChI=1S/C15H22BrNO2/c1-5-10-8-11(15(6-7-15)9(2)17)14(19-4)12(16)13(10)18-3/h8-9H,5-7,17H2,1-4H3. The summed E-state index contributed by atoms with van der Waals surface area (Å²) in [5.74, 6) is 1.73. The lowest BCUT2D eigenvalue weighted by Crippen LogP contribution is -2.32. The molecule has 1 aliphatic carbocycles. The van der Waals surface area contributed by atoms with E-state index in [4.69, 9.17) is 15.2 Å². The third-order valence-electron chi connectivity index (χ3n) is 4.24. The van der Waals surface area contributed by atoms with Gasteiger partial charge in [-0.15, -0.1) is 0 Å². The van der Waals surface area contributed by atoms with Gasteiger partial charge in [-0.25, -0.2) is 0 Å². The summed E-state index contributed by atoms with van der Waals surface area (Å²) in [5.41, 5.74) is 8.68. The Morgan fingerprint density at radius 3 is 2.26 bits per heavy atom. The Balaban J connectivity index is 2.64. The third-order valence-corrected chi connectivity index (χ3v) is 4.96. The number of methoxy groups -OCH3 is 2. The molecule has 2 N–H and O–H groups in total. The highest BCUT2D eigenvalue weighted by molar-refractivity contribution is 9.10. The van der Waals surface area contributed by atoms with Gasteiger partial charge in [0.1, 0.15) is 16.0 Å². The molecule has 1 aromatic carbocycles. The van der Waals surface area contributed by atoms with Crippen molar-refractivity contribution < 1.29 is 9.47 Å². The van der Waals surface area contributed by atoms with Gasteiger partial charge in [0.2, 0.25) is 0 Å². The molecule has 2 rings (SSSR count). The maximum atomic E-state index is 6.20. The number of aryl methyl sites for hydroxylation is 1. The summed E-state index contributed by atoms with van der Waals surface area (Å²) < 4.78 is 12.0. The van der Waals surface area contributed by atoms with E-state index in [0.29, 0.717) is 0 Å². The second-order valence-corrected chi connectivity index (χ2v) is 6.06. The van der Waals surface area contributed by atoms with Crippen molar-refractivity contribution in [1.29, 1.82) is 0 Å². The Morgan fingerprint density at radius 2 is 1.89 bits per heavy atom. The molecule has 1 atom stereocenters. The molecule has 0 saturated heterocycles. The minimum atomic E-state index is 0.0735. The summed E-state index contributed by atoms with van der Waals surface area (Å²) in [7, 11) is 3.39. The zero-order chi connectivity index (χ0) is 14.2. The maximum absolute atomic E-state index is 6.20. The smallest absolute Gasteiger partial charge is 0.140 e. The highest BCUT2D eigenvalue weighted by Crippen LogP contribution is 2.56. The molecule has 19 heavy (non-hydrogen) atoms. The molecule has 1 aliphatic rings. The summed E-state index contributed by atoms with van der Waals surface area (Å²) >= 11 is 3.62. The van der Waals surface area contributed by atoms with E-state index in [9.17, 15) is 0 Å². The number of halogens is 1. The number of ether oxygens (including phenoxy) is 2. The normalized spacial score (nSPS) is 18.0. The zero-order valence-corrected chi connectivity index (χ0v) is 13.6. The van der Waals surface area contributed by atoms with Gasteiger partial charge in [0, 0.05) is 17.0 Å². The highest BCUT2D eigenvalue weighted by atomic mass is 79.9. The van der Waals surface area contributed by atoms with Crippen molar-refractivity contribution in [2.45, 2.75) is 44.6 Å². The monoisotopic (exact) mass is 327 g/mol. The quantitative estimate of drug-likeness (QED) is 0.901. The second-order valence-electron chi connectivity index (χ2n) is 5.26. The van der Waals surface area contributed by atoms with E-state index >= 15 is 0 Å². The van der Waals surface area contributed by atoms with Gasteiger partial charge in [0.05, 0.1) is 14.2 Å². The molecule has 3 nitrogen and oxygen atoms in total. The first-order valence-electron chi connectivity index (χ1n) is 6.71. The molecule has 0 bridgehead atoms. The van der Waals surface area contributed by atoms with E-state index in [-0.39, 0.29) is 11.5 Å². The van der Waals surface area contributed by atoms with Crippen molar-refractivity contribution in [3.8, 4) is 11.5 Å². The average Bonchev–Trinajstić information content (AvgIpc) is 3.18. The van der Waals surface area contributed by atoms with Crippen molar-refractivity contribution in [2.75, 3.05) is 14.2 Å². The molecule has 0 amide bonds. The molecule has 106 valence electrons. The second kappa shape index (κ2) is 5.33. The fourth-order valence-corrected chi connectivity index (χ4v) is 3.62. The Bertz CT molecular complexity index is 482. The molecule has 0 spiro atoms. The minimum absolute atomic E-state index is 0.0735. The van der Waals surface area contributed by atoms with Crippen LogP contribution in [0.2, 0.25) is 0 Å². The number of benzene rings is 1. The first kappa shape index (κ1) is 14.7. The number of hydrogen-bond donors (Lipinski definition) is 1. The molecule has 0 aliphatic heterocycles. The van der Waals surface area contributed by atoms with E-state index in [0.717, 1.165) is 35.2 Å². The van der Waals surface area contributed by atoms with E-state index in [1.165, 1.54) is 11.1 Å². The molecule has 1 aromatic rings. The number of nitrogens with two attached hydrogens (primary N) is 1. The van der Waals surface area contributed by atoms with Crippen LogP contribution in [-0.2, 0) is 11.8 Å². The van der Waals surface area contributed by atoms with Crippen LogP contribution in [0.4, 0.5) is 0 Å². The van der Waals surface area contributed by atoms with Gasteiger partial charge in [-0.2, -0.15) is 0 Å². The van der Waals surface area contributed by atoms with Crippen molar-refractivity contribution in [1.82, 2.24) is 0 Å². The van der Waals surface area contributed by atoms with E-state index in [1.54, 1.807) is 14.2 Å². The molecule has 1 saturated carbocycles. The van der Waals surface area contributed by atoms with Gasteiger partial charge in [-0.1, -0.05) is 6.92 Å². The summed E-state index contributed by atoms with van der Waals surface area (Å²) in [6.07, 6.45) is 3.18. The van der Waals surface area contributed by atoms with E-state index < -0.39 is 0 Å². The topological polar surface area (TPSA) is 44.5 Å². The van der Waals surface area contributed by atoms with Crippen LogP contribution in [0.15, 0.2) is 10.5 Å². The van der Waals surface area contributed by atoms with Crippen LogP contribution in [0.3, 0.4) is 0 Å². The Morgan fingerprint density at radius 1 is 1.32 bits per heavy atom. The van der Waals surface area contributed by atoms with Gasteiger partial charge >= 0.3 is 0 Å². The number of hydrogen-bond acceptors (Lipinski definition) is 3. The zero-order valence-electron chi connectivity index (χ0n) is 12.0. The lowest BCUT2D eigenvalue weighted by molar-refractivity contribution is 0.376. The summed E-state index contributed by atoms with van der Waals surface area (Å²) in [6, 6.07) is 2.34. The predicted molar refractivity (Wildman–Crippen MR) is 81.2 cm³/mol. The highest BCUT2D eigenvalue weighted by Gasteiger charge is 2.49. The van der Waals surface area contributed by atoms with Crippen LogP contribution in [0.1, 0.15) is 37.8 Å². The number of rotatable bonds is 5. The van der Waals surface area contributed by atoms with Gasteiger partial charge in [-0.05, 0) is 53.7 Å². The summed E-state index contributed by atoms with van der Waals surface area (Å²) in [6.45, 7) is 4.21. The van der Waals surface area contributed by atoms with Crippen LogP contribution in [0, 0.1) is 0 Å². The van der Waals surface area contributed by atoms with Crippen molar-refractivity contribution >= 4 is 15.9 Å².